The van der Waals surface area contributed by atoms with Crippen LogP contribution in [0.1, 0.15) is 18.7 Å². The van der Waals surface area contributed by atoms with Gasteiger partial charge in [0.25, 0.3) is 0 Å². The predicted octanol–water partition coefficient (Wildman–Crippen LogP) is 4.32. The number of furan rings is 1. The first-order valence-electron chi connectivity index (χ1n) is 6.46. The van der Waals surface area contributed by atoms with E-state index < -0.39 is 18.8 Å². The van der Waals surface area contributed by atoms with Crippen LogP contribution in [-0.4, -0.2) is 25.9 Å². The molecule has 1 aromatic heterocycles. The number of rotatable bonds is 6. The zero-order valence-electron chi connectivity index (χ0n) is 11.3. The highest BCUT2D eigenvalue weighted by Crippen LogP contribution is 2.27. The van der Waals surface area contributed by atoms with Crippen molar-refractivity contribution < 1.29 is 22.3 Å². The van der Waals surface area contributed by atoms with Crippen LogP contribution in [0.4, 0.5) is 13.2 Å². The van der Waals surface area contributed by atoms with Gasteiger partial charge in [-0.2, -0.15) is 13.2 Å². The average Bonchev–Trinajstić information content (AvgIpc) is 2.79. The van der Waals surface area contributed by atoms with Crippen molar-refractivity contribution in [2.45, 2.75) is 19.1 Å². The third kappa shape index (κ3) is 4.62. The first kappa shape index (κ1) is 16.1. The van der Waals surface area contributed by atoms with Gasteiger partial charge in [-0.3, -0.25) is 0 Å². The van der Waals surface area contributed by atoms with Gasteiger partial charge >= 0.3 is 6.18 Å². The van der Waals surface area contributed by atoms with Crippen molar-refractivity contribution in [1.82, 2.24) is 5.32 Å². The van der Waals surface area contributed by atoms with E-state index in [1.807, 2.05) is 6.92 Å². The molecule has 7 heteroatoms. The van der Waals surface area contributed by atoms with Crippen LogP contribution in [0.5, 0.6) is 0 Å². The van der Waals surface area contributed by atoms with Gasteiger partial charge < -0.3 is 14.5 Å². The quantitative estimate of drug-likeness (QED) is 0.860. The number of hydrogen-bond donors (Lipinski definition) is 1. The Balaban J connectivity index is 2.11. The summed E-state index contributed by atoms with van der Waals surface area (Å²) in [5.41, 5.74) is 0.633. The molecule has 0 saturated carbocycles. The molecule has 1 atom stereocenters. The Labute approximate surface area is 125 Å². The van der Waals surface area contributed by atoms with E-state index in [1.54, 1.807) is 24.3 Å². The molecule has 21 heavy (non-hydrogen) atoms. The normalized spacial score (nSPS) is 13.8. The molecule has 1 N–H and O–H groups in total. The zero-order chi connectivity index (χ0) is 15.5. The Morgan fingerprint density at radius 3 is 2.76 bits per heavy atom. The lowest BCUT2D eigenvalue weighted by molar-refractivity contribution is -0.175. The van der Waals surface area contributed by atoms with Gasteiger partial charge in [0.1, 0.15) is 18.0 Å². The first-order chi connectivity index (χ1) is 9.89. The summed E-state index contributed by atoms with van der Waals surface area (Å²) in [6, 6.07) is 6.47. The van der Waals surface area contributed by atoms with E-state index in [0.717, 1.165) is 5.39 Å². The molecule has 1 unspecified atom stereocenters. The fourth-order valence-electron chi connectivity index (χ4n) is 1.99. The van der Waals surface area contributed by atoms with Crippen molar-refractivity contribution in [1.29, 1.82) is 0 Å². The Bertz CT molecular complexity index is 597. The van der Waals surface area contributed by atoms with Gasteiger partial charge in [0.15, 0.2) is 0 Å². The number of nitrogens with one attached hydrogen (secondary N) is 1. The number of benzene rings is 1. The summed E-state index contributed by atoms with van der Waals surface area (Å²) in [4.78, 5) is 0. The first-order valence-corrected chi connectivity index (χ1v) is 6.83. The molecule has 0 aliphatic heterocycles. The number of halogens is 4. The predicted molar refractivity (Wildman–Crippen MR) is 74.5 cm³/mol. The summed E-state index contributed by atoms with van der Waals surface area (Å²) < 4.78 is 46.7. The minimum absolute atomic E-state index is 0.124. The van der Waals surface area contributed by atoms with Gasteiger partial charge in [0, 0.05) is 10.4 Å². The smallest absolute Gasteiger partial charge is 0.411 e. The van der Waals surface area contributed by atoms with E-state index in [1.165, 1.54) is 0 Å². The second kappa shape index (κ2) is 6.68. The molecule has 2 aromatic rings. The third-order valence-corrected chi connectivity index (χ3v) is 3.08. The van der Waals surface area contributed by atoms with Crippen molar-refractivity contribution >= 4 is 22.6 Å². The van der Waals surface area contributed by atoms with Gasteiger partial charge in [0.2, 0.25) is 0 Å². The largest absolute Gasteiger partial charge is 0.459 e. The molecular formula is C14H15ClF3NO2. The maximum atomic E-state index is 12.1. The monoisotopic (exact) mass is 321 g/mol. The standard InChI is InChI=1S/C14H15ClF3NO2/c1-2-19-11(7-20-8-14(16,17)18)13-6-9-5-10(15)3-4-12(9)21-13/h3-6,11,19H,2,7-8H2,1H3. The highest BCUT2D eigenvalue weighted by Gasteiger charge is 2.28. The number of hydrogen-bond acceptors (Lipinski definition) is 3. The van der Waals surface area contributed by atoms with Crippen molar-refractivity contribution in [2.75, 3.05) is 19.8 Å². The van der Waals surface area contributed by atoms with Gasteiger partial charge in [0.05, 0.1) is 12.6 Å². The van der Waals surface area contributed by atoms with E-state index in [-0.39, 0.29) is 6.61 Å². The summed E-state index contributed by atoms with van der Waals surface area (Å²) in [6.45, 7) is 1.04. The Hall–Kier alpha value is -1.24. The average molecular weight is 322 g/mol. The van der Waals surface area contributed by atoms with Gasteiger partial charge in [-0.25, -0.2) is 0 Å². The highest BCUT2D eigenvalue weighted by atomic mass is 35.5. The SMILES string of the molecule is CCNC(COCC(F)(F)F)c1cc2cc(Cl)ccc2o1. The van der Waals surface area contributed by atoms with E-state index in [9.17, 15) is 13.2 Å². The summed E-state index contributed by atoms with van der Waals surface area (Å²) in [7, 11) is 0. The topological polar surface area (TPSA) is 34.4 Å². The molecular weight excluding hydrogens is 307 g/mol. The van der Waals surface area contributed by atoms with Crippen LogP contribution in [0.3, 0.4) is 0 Å². The molecule has 1 heterocycles. The molecule has 0 aliphatic carbocycles. The Kier molecular flexibility index (Phi) is 5.13. The molecule has 0 aliphatic rings. The lowest BCUT2D eigenvalue weighted by Crippen LogP contribution is -2.27. The molecule has 116 valence electrons. The van der Waals surface area contributed by atoms with Crippen LogP contribution in [0.15, 0.2) is 28.7 Å². The van der Waals surface area contributed by atoms with Gasteiger partial charge in [-0.05, 0) is 30.8 Å². The summed E-state index contributed by atoms with van der Waals surface area (Å²) >= 11 is 5.90. The molecule has 0 radical (unpaired) electrons. The molecule has 2 rings (SSSR count). The van der Waals surface area contributed by atoms with Crippen molar-refractivity contribution in [2.24, 2.45) is 0 Å². The van der Waals surface area contributed by atoms with E-state index >= 15 is 0 Å². The Morgan fingerprint density at radius 1 is 1.33 bits per heavy atom. The number of likely N-dealkylation sites (N-methyl/N-ethyl adjacent to an activating group) is 1. The van der Waals surface area contributed by atoms with Crippen LogP contribution < -0.4 is 5.32 Å². The zero-order valence-corrected chi connectivity index (χ0v) is 12.1. The number of alkyl halides is 3. The van der Waals surface area contributed by atoms with Crippen LogP contribution in [-0.2, 0) is 4.74 Å². The summed E-state index contributed by atoms with van der Waals surface area (Å²) in [5, 5.41) is 4.42. The highest BCUT2D eigenvalue weighted by molar-refractivity contribution is 6.31. The molecule has 0 amide bonds. The van der Waals surface area contributed by atoms with Crippen LogP contribution in [0, 0.1) is 0 Å². The van der Waals surface area contributed by atoms with Gasteiger partial charge in [-0.1, -0.05) is 18.5 Å². The minimum Gasteiger partial charge on any atom is -0.459 e. The second-order valence-electron chi connectivity index (χ2n) is 4.57. The molecule has 0 saturated heterocycles. The van der Waals surface area contributed by atoms with Crippen LogP contribution >= 0.6 is 11.6 Å². The molecule has 0 fully saturated rings. The molecule has 0 bridgehead atoms. The lowest BCUT2D eigenvalue weighted by Gasteiger charge is -2.16. The fraction of sp³-hybridized carbons (Fsp3) is 0.429. The van der Waals surface area contributed by atoms with Gasteiger partial charge in [-0.15, -0.1) is 0 Å². The maximum Gasteiger partial charge on any atom is 0.411 e. The number of ether oxygens (including phenoxy) is 1. The van der Waals surface area contributed by atoms with E-state index in [2.05, 4.69) is 5.32 Å². The molecule has 1 aromatic carbocycles. The summed E-state index contributed by atoms with van der Waals surface area (Å²) in [5.74, 6) is 0.524. The minimum atomic E-state index is -4.34. The van der Waals surface area contributed by atoms with Crippen LogP contribution in [0.25, 0.3) is 11.0 Å². The van der Waals surface area contributed by atoms with E-state index in [0.29, 0.717) is 22.9 Å². The van der Waals surface area contributed by atoms with Crippen molar-refractivity contribution in [3.63, 3.8) is 0 Å². The third-order valence-electron chi connectivity index (χ3n) is 2.84. The number of fused-ring (bicyclic) bond motifs is 1. The molecule has 3 nitrogen and oxygen atoms in total. The summed E-state index contributed by atoms with van der Waals surface area (Å²) in [6.07, 6.45) is -4.34. The fourth-order valence-corrected chi connectivity index (χ4v) is 2.17. The Morgan fingerprint density at radius 2 is 2.10 bits per heavy atom. The van der Waals surface area contributed by atoms with Crippen LogP contribution in [0.2, 0.25) is 5.02 Å². The second-order valence-corrected chi connectivity index (χ2v) is 5.01. The molecule has 0 spiro atoms. The van der Waals surface area contributed by atoms with Crippen molar-refractivity contribution in [3.05, 3.63) is 35.0 Å². The van der Waals surface area contributed by atoms with Crippen molar-refractivity contribution in [3.8, 4) is 0 Å². The lowest BCUT2D eigenvalue weighted by atomic mass is 10.2. The van der Waals surface area contributed by atoms with E-state index in [4.69, 9.17) is 20.8 Å². The maximum absolute atomic E-state index is 12.1.